The number of hydrogen-bond donors (Lipinski definition) is 3. The Hall–Kier alpha value is -3.15. The van der Waals surface area contributed by atoms with Crippen LogP contribution in [-0.2, 0) is 15.6 Å². The summed E-state index contributed by atoms with van der Waals surface area (Å²) in [5, 5.41) is 19.9. The largest absolute Gasteiger partial charge is 0.505 e. The maximum absolute atomic E-state index is 13.5. The number of hydrogen-bond acceptors (Lipinski definition) is 8. The van der Waals surface area contributed by atoms with E-state index in [1.807, 2.05) is 0 Å². The van der Waals surface area contributed by atoms with Crippen molar-refractivity contribution in [3.05, 3.63) is 51.6 Å². The summed E-state index contributed by atoms with van der Waals surface area (Å²) in [6.07, 6.45) is -4.85. The van der Waals surface area contributed by atoms with Gasteiger partial charge in [-0.3, -0.25) is 9.36 Å². The number of rotatable bonds is 6. The number of thiophene rings is 1. The third kappa shape index (κ3) is 4.71. The van der Waals surface area contributed by atoms with E-state index in [-0.39, 0.29) is 28.9 Å². The number of nitrogens with zero attached hydrogens (tertiary/aromatic N) is 3. The highest BCUT2D eigenvalue weighted by Crippen LogP contribution is 2.51. The van der Waals surface area contributed by atoms with Gasteiger partial charge in [-0.05, 0) is 36.1 Å². The van der Waals surface area contributed by atoms with Gasteiger partial charge in [0.1, 0.15) is 11.3 Å². The van der Waals surface area contributed by atoms with E-state index in [2.05, 4.69) is 15.2 Å². The number of aromatic nitrogens is 2. The van der Waals surface area contributed by atoms with Gasteiger partial charge in [0.05, 0.1) is 21.8 Å². The lowest BCUT2D eigenvalue weighted by atomic mass is 10.1. The second kappa shape index (κ2) is 9.14. The Kier molecular flexibility index (Phi) is 6.52. The fourth-order valence-corrected chi connectivity index (χ4v) is 5.72. The van der Waals surface area contributed by atoms with Gasteiger partial charge in [-0.25, -0.2) is 4.68 Å². The molecule has 0 fully saturated rings. The minimum Gasteiger partial charge on any atom is -0.505 e. The molecule has 3 aromatic rings. The summed E-state index contributed by atoms with van der Waals surface area (Å²) in [5.41, 5.74) is 5.10. The SMILES string of the molecule is COP1(=O)N=C(c2c(O)c(-c3cccs3)nn(CCC(C)C(F)(F)F)c2=O)Nc2ccc(N)cc21. The van der Waals surface area contributed by atoms with Crippen LogP contribution < -0.4 is 21.9 Å². The van der Waals surface area contributed by atoms with Crippen LogP contribution in [0.5, 0.6) is 5.75 Å². The van der Waals surface area contributed by atoms with Gasteiger partial charge in [-0.1, -0.05) is 13.0 Å². The van der Waals surface area contributed by atoms with Gasteiger partial charge in [-0.2, -0.15) is 23.0 Å². The smallest absolute Gasteiger partial charge is 0.391 e. The molecule has 4 N–H and O–H groups in total. The van der Waals surface area contributed by atoms with Gasteiger partial charge in [0.2, 0.25) is 0 Å². The lowest BCUT2D eigenvalue weighted by Gasteiger charge is -2.25. The molecule has 186 valence electrons. The lowest BCUT2D eigenvalue weighted by Crippen LogP contribution is -2.35. The molecule has 1 aliphatic heterocycles. The van der Waals surface area contributed by atoms with Crippen LogP contribution in [0.25, 0.3) is 10.6 Å². The van der Waals surface area contributed by atoms with E-state index < -0.39 is 37.3 Å². The normalized spacial score (nSPS) is 18.5. The second-order valence-corrected chi connectivity index (χ2v) is 10.9. The van der Waals surface area contributed by atoms with Crippen molar-refractivity contribution in [1.29, 1.82) is 0 Å². The number of fused-ring (bicyclic) bond motifs is 1. The Morgan fingerprint density at radius 1 is 1.34 bits per heavy atom. The number of anilines is 2. The molecule has 1 aromatic carbocycles. The highest BCUT2D eigenvalue weighted by molar-refractivity contribution is 7.66. The summed E-state index contributed by atoms with van der Waals surface area (Å²) in [7, 11) is -2.72. The third-order valence-corrected chi connectivity index (χ3v) is 8.33. The monoisotopic (exact) mass is 527 g/mol. The van der Waals surface area contributed by atoms with Gasteiger partial charge < -0.3 is 20.7 Å². The molecule has 0 aliphatic carbocycles. The molecule has 2 atom stereocenters. The Balaban J connectivity index is 1.88. The van der Waals surface area contributed by atoms with E-state index in [0.29, 0.717) is 16.3 Å². The number of nitrogens with two attached hydrogens (primary N) is 1. The molecule has 0 radical (unpaired) electrons. The molecule has 3 heterocycles. The van der Waals surface area contributed by atoms with E-state index in [1.165, 1.54) is 36.6 Å². The third-order valence-electron chi connectivity index (χ3n) is 5.51. The topological polar surface area (TPSA) is 132 Å². The average Bonchev–Trinajstić information content (AvgIpc) is 3.33. The maximum Gasteiger partial charge on any atom is 0.391 e. The first-order chi connectivity index (χ1) is 16.4. The van der Waals surface area contributed by atoms with Crippen LogP contribution in [0.1, 0.15) is 18.9 Å². The van der Waals surface area contributed by atoms with Crippen LogP contribution in [0.15, 0.2) is 45.3 Å². The van der Waals surface area contributed by atoms with E-state index in [4.69, 9.17) is 10.3 Å². The van der Waals surface area contributed by atoms with Crippen molar-refractivity contribution in [1.82, 2.24) is 9.78 Å². The van der Waals surface area contributed by atoms with Gasteiger partial charge in [0, 0.05) is 19.3 Å². The molecule has 0 spiro atoms. The number of nitrogens with one attached hydrogen (secondary N) is 1. The predicted octanol–water partition coefficient (Wildman–Crippen LogP) is 4.19. The quantitative estimate of drug-likeness (QED) is 0.324. The summed E-state index contributed by atoms with van der Waals surface area (Å²) in [4.78, 5) is 13.8. The van der Waals surface area contributed by atoms with E-state index >= 15 is 0 Å². The van der Waals surface area contributed by atoms with Crippen LogP contribution in [-0.4, -0.2) is 34.0 Å². The molecule has 1 aliphatic rings. The Morgan fingerprint density at radius 2 is 2.09 bits per heavy atom. The van der Waals surface area contributed by atoms with Gasteiger partial charge in [0.25, 0.3) is 5.56 Å². The Morgan fingerprint density at radius 3 is 2.71 bits per heavy atom. The molecular formula is C21H21F3N5O4PS. The van der Waals surface area contributed by atoms with Crippen molar-refractivity contribution >= 4 is 41.4 Å². The number of aromatic hydroxyl groups is 1. The zero-order valence-corrected chi connectivity index (χ0v) is 20.2. The fourth-order valence-electron chi connectivity index (χ4n) is 3.46. The number of benzene rings is 1. The van der Waals surface area contributed by atoms with Crippen LogP contribution in [0, 0.1) is 5.92 Å². The number of aryl methyl sites for hydroxylation is 1. The molecule has 0 saturated carbocycles. The fraction of sp³-hybridized carbons (Fsp3) is 0.286. The number of amidine groups is 1. The highest BCUT2D eigenvalue weighted by Gasteiger charge is 2.37. The van der Waals surface area contributed by atoms with Crippen LogP contribution >= 0.6 is 18.9 Å². The van der Waals surface area contributed by atoms with Crippen molar-refractivity contribution in [3.8, 4) is 16.3 Å². The number of nitrogen functional groups attached to an aromatic ring is 1. The van der Waals surface area contributed by atoms with Gasteiger partial charge in [0.15, 0.2) is 11.6 Å². The van der Waals surface area contributed by atoms with Gasteiger partial charge in [-0.15, -0.1) is 11.3 Å². The first kappa shape index (κ1) is 25.0. The van der Waals surface area contributed by atoms with Crippen molar-refractivity contribution in [2.24, 2.45) is 10.7 Å². The summed E-state index contributed by atoms with van der Waals surface area (Å²) in [5.74, 6) is -2.49. The van der Waals surface area contributed by atoms with E-state index in [1.54, 1.807) is 17.5 Å². The van der Waals surface area contributed by atoms with Crippen LogP contribution in [0.4, 0.5) is 24.5 Å². The molecule has 35 heavy (non-hydrogen) atoms. The van der Waals surface area contributed by atoms with Crippen molar-refractivity contribution in [2.45, 2.75) is 26.1 Å². The number of alkyl halides is 3. The number of halogens is 3. The first-order valence-electron chi connectivity index (χ1n) is 10.3. The molecule has 9 nitrogen and oxygen atoms in total. The summed E-state index contributed by atoms with van der Waals surface area (Å²) >= 11 is 1.21. The van der Waals surface area contributed by atoms with E-state index in [9.17, 15) is 27.6 Å². The predicted molar refractivity (Wildman–Crippen MR) is 129 cm³/mol. The zero-order valence-electron chi connectivity index (χ0n) is 18.5. The minimum absolute atomic E-state index is 0.0193. The van der Waals surface area contributed by atoms with Crippen molar-refractivity contribution in [3.63, 3.8) is 0 Å². The highest BCUT2D eigenvalue weighted by atomic mass is 32.1. The first-order valence-corrected chi connectivity index (χ1v) is 12.8. The van der Waals surface area contributed by atoms with Crippen molar-refractivity contribution < 1.29 is 27.4 Å². The molecular weight excluding hydrogens is 506 g/mol. The molecule has 2 aromatic heterocycles. The Labute approximate surface area is 201 Å². The summed E-state index contributed by atoms with van der Waals surface area (Å²) < 4.78 is 62.8. The molecule has 0 saturated heterocycles. The second-order valence-electron chi connectivity index (χ2n) is 7.86. The van der Waals surface area contributed by atoms with Crippen LogP contribution in [0.3, 0.4) is 0 Å². The zero-order chi connectivity index (χ0) is 25.5. The standard InChI is InChI=1S/C21H21F3N5O4PS/c1-11(21(22,23)24)7-8-29-20(31)16(18(30)17(27-29)15-4-3-9-35-15)19-26-13-6-5-12(25)10-14(13)34(32,28-19)33-2/h3-6,9-11,30H,7-8,25H2,1-2H3,(H,26,28,32). The maximum atomic E-state index is 13.5. The molecule has 14 heteroatoms. The molecule has 2 unspecified atom stereocenters. The van der Waals surface area contributed by atoms with Gasteiger partial charge >= 0.3 is 13.7 Å². The van der Waals surface area contributed by atoms with Crippen LogP contribution in [0.2, 0.25) is 0 Å². The molecule has 0 amide bonds. The van der Waals surface area contributed by atoms with Crippen molar-refractivity contribution in [2.75, 3.05) is 18.2 Å². The molecule has 0 bridgehead atoms. The van der Waals surface area contributed by atoms with E-state index in [0.717, 1.165) is 11.6 Å². The lowest BCUT2D eigenvalue weighted by molar-refractivity contribution is -0.171. The summed E-state index contributed by atoms with van der Waals surface area (Å²) in [6, 6.07) is 7.81. The Bertz CT molecular complexity index is 1410. The minimum atomic E-state index is -4.44. The average molecular weight is 527 g/mol. The summed E-state index contributed by atoms with van der Waals surface area (Å²) in [6.45, 7) is 0.643. The molecule has 4 rings (SSSR count).